The van der Waals surface area contributed by atoms with Crippen LogP contribution in [0.1, 0.15) is 16.1 Å². The highest BCUT2D eigenvalue weighted by atomic mass is 35.5. The van der Waals surface area contributed by atoms with Crippen LogP contribution in [0.2, 0.25) is 10.2 Å². The summed E-state index contributed by atoms with van der Waals surface area (Å²) in [4.78, 5) is 16.8. The van der Waals surface area contributed by atoms with Gasteiger partial charge < -0.3 is 4.57 Å². The Labute approximate surface area is 166 Å². The summed E-state index contributed by atoms with van der Waals surface area (Å²) in [5, 5.41) is 0.434. The molecule has 0 bridgehead atoms. The van der Waals surface area contributed by atoms with Crippen molar-refractivity contribution in [3.8, 4) is 11.4 Å². The predicted molar refractivity (Wildman–Crippen MR) is 104 cm³/mol. The zero-order valence-corrected chi connectivity index (χ0v) is 16.7. The number of rotatable bonds is 4. The molecule has 3 aromatic rings. The van der Waals surface area contributed by atoms with Crippen LogP contribution >= 0.6 is 23.2 Å². The average Bonchev–Trinajstić information content (AvgIpc) is 2.91. The van der Waals surface area contributed by atoms with Gasteiger partial charge >= 0.3 is 0 Å². The molecule has 0 atom stereocenters. The van der Waals surface area contributed by atoms with E-state index >= 15 is 0 Å². The molecule has 0 aliphatic heterocycles. The Bertz CT molecular complexity index is 1140. The number of sulfonamides is 1. The largest absolute Gasteiger partial charge is 0.317 e. The lowest BCUT2D eigenvalue weighted by atomic mass is 10.2. The Hall–Kier alpha value is -2.35. The normalized spacial score (nSPS) is 11.4. The Morgan fingerprint density at radius 3 is 2.37 bits per heavy atom. The molecule has 1 heterocycles. The minimum absolute atomic E-state index is 0.00223. The quantitative estimate of drug-likeness (QED) is 0.691. The number of benzene rings is 2. The van der Waals surface area contributed by atoms with E-state index < -0.39 is 15.9 Å². The number of carbonyl (C=O) groups excluding carboxylic acids is 1. The van der Waals surface area contributed by atoms with E-state index in [1.165, 1.54) is 10.6 Å². The van der Waals surface area contributed by atoms with Crippen LogP contribution in [0.15, 0.2) is 53.4 Å². The SMILES string of the molecule is Cc1ccccc1S(=O)(=O)NC(=O)c1nc(-c2ccccc2Cl)n(C)c1Cl. The van der Waals surface area contributed by atoms with Crippen molar-refractivity contribution in [2.75, 3.05) is 0 Å². The lowest BCUT2D eigenvalue weighted by Crippen LogP contribution is -2.31. The number of halogens is 2. The number of nitrogens with zero attached hydrogens (tertiary/aromatic N) is 2. The van der Waals surface area contributed by atoms with Gasteiger partial charge in [-0.05, 0) is 30.7 Å². The van der Waals surface area contributed by atoms with Crippen molar-refractivity contribution in [1.82, 2.24) is 14.3 Å². The van der Waals surface area contributed by atoms with Crippen molar-refractivity contribution in [1.29, 1.82) is 0 Å². The maximum absolute atomic E-state index is 12.6. The molecule has 27 heavy (non-hydrogen) atoms. The zero-order chi connectivity index (χ0) is 19.8. The summed E-state index contributed by atoms with van der Waals surface area (Å²) in [6.07, 6.45) is 0. The fourth-order valence-corrected chi connectivity index (χ4v) is 4.22. The fraction of sp³-hybridized carbons (Fsp3) is 0.111. The highest BCUT2D eigenvalue weighted by molar-refractivity contribution is 7.90. The van der Waals surface area contributed by atoms with Crippen molar-refractivity contribution in [3.63, 3.8) is 0 Å². The van der Waals surface area contributed by atoms with Gasteiger partial charge in [0, 0.05) is 12.6 Å². The van der Waals surface area contributed by atoms with Gasteiger partial charge in [-0.1, -0.05) is 53.5 Å². The second-order valence-corrected chi connectivity index (χ2v) is 8.23. The molecule has 0 saturated heterocycles. The summed E-state index contributed by atoms with van der Waals surface area (Å²) in [6.45, 7) is 1.64. The van der Waals surface area contributed by atoms with E-state index in [1.54, 1.807) is 56.4 Å². The van der Waals surface area contributed by atoms with E-state index in [1.807, 2.05) is 4.72 Å². The lowest BCUT2D eigenvalue weighted by molar-refractivity contribution is 0.0977. The van der Waals surface area contributed by atoms with Gasteiger partial charge in [0.2, 0.25) is 0 Å². The van der Waals surface area contributed by atoms with E-state index in [-0.39, 0.29) is 15.7 Å². The van der Waals surface area contributed by atoms with Gasteiger partial charge in [0.1, 0.15) is 11.0 Å². The Morgan fingerprint density at radius 2 is 1.70 bits per heavy atom. The number of imidazole rings is 1. The highest BCUT2D eigenvalue weighted by Gasteiger charge is 2.26. The lowest BCUT2D eigenvalue weighted by Gasteiger charge is -2.08. The van der Waals surface area contributed by atoms with Gasteiger partial charge in [-0.25, -0.2) is 18.1 Å². The first kappa shape index (κ1) is 19.4. The number of hydrogen-bond acceptors (Lipinski definition) is 4. The third kappa shape index (κ3) is 3.71. The number of amides is 1. The van der Waals surface area contributed by atoms with Crippen molar-refractivity contribution in [2.24, 2.45) is 7.05 Å². The van der Waals surface area contributed by atoms with Crippen LogP contribution in [0.25, 0.3) is 11.4 Å². The molecular formula is C18H15Cl2N3O3S. The van der Waals surface area contributed by atoms with Gasteiger partial charge in [-0.3, -0.25) is 4.79 Å². The van der Waals surface area contributed by atoms with E-state index in [0.29, 0.717) is 22.0 Å². The molecule has 140 valence electrons. The summed E-state index contributed by atoms with van der Waals surface area (Å²) in [7, 11) is -2.45. The van der Waals surface area contributed by atoms with Crippen molar-refractivity contribution in [3.05, 3.63) is 70.0 Å². The number of aryl methyl sites for hydroxylation is 1. The first-order chi connectivity index (χ1) is 12.7. The molecule has 0 spiro atoms. The molecule has 6 nitrogen and oxygen atoms in total. The first-order valence-corrected chi connectivity index (χ1v) is 10.1. The summed E-state index contributed by atoms with van der Waals surface area (Å²) >= 11 is 12.4. The van der Waals surface area contributed by atoms with Gasteiger partial charge in [0.15, 0.2) is 5.69 Å². The molecule has 0 fully saturated rings. The van der Waals surface area contributed by atoms with Gasteiger partial charge in [0.05, 0.1) is 9.92 Å². The number of nitrogens with one attached hydrogen (secondary N) is 1. The predicted octanol–water partition coefficient (Wildman–Crippen LogP) is 3.82. The number of aromatic nitrogens is 2. The third-order valence-corrected chi connectivity index (χ3v) is 6.22. The third-order valence-electron chi connectivity index (χ3n) is 3.97. The minimum atomic E-state index is -4.06. The molecule has 0 aliphatic rings. The van der Waals surface area contributed by atoms with Crippen LogP contribution in [0.5, 0.6) is 0 Å². The van der Waals surface area contributed by atoms with Crippen molar-refractivity contribution < 1.29 is 13.2 Å². The van der Waals surface area contributed by atoms with E-state index in [4.69, 9.17) is 23.2 Å². The zero-order valence-electron chi connectivity index (χ0n) is 14.4. The van der Waals surface area contributed by atoms with Crippen LogP contribution < -0.4 is 4.72 Å². The second kappa shape index (κ2) is 7.34. The molecule has 9 heteroatoms. The summed E-state index contributed by atoms with van der Waals surface area (Å²) in [6, 6.07) is 13.3. The molecule has 0 aliphatic carbocycles. The molecule has 2 aromatic carbocycles. The van der Waals surface area contributed by atoms with Crippen LogP contribution in [0, 0.1) is 6.92 Å². The van der Waals surface area contributed by atoms with E-state index in [9.17, 15) is 13.2 Å². The number of hydrogen-bond donors (Lipinski definition) is 1. The highest BCUT2D eigenvalue weighted by Crippen LogP contribution is 2.30. The molecule has 0 unspecified atom stereocenters. The fourth-order valence-electron chi connectivity index (χ4n) is 2.59. The maximum Gasteiger partial charge on any atom is 0.286 e. The van der Waals surface area contributed by atoms with Crippen LogP contribution in [0.3, 0.4) is 0 Å². The standard InChI is InChI=1S/C18H15Cl2N3O3S/c1-11-7-3-6-10-14(11)27(25,26)22-18(24)15-16(20)23(2)17(21-15)12-8-4-5-9-13(12)19/h3-10H,1-2H3,(H,22,24). The van der Waals surface area contributed by atoms with E-state index in [0.717, 1.165) is 0 Å². The molecule has 1 N–H and O–H groups in total. The summed E-state index contributed by atoms with van der Waals surface area (Å²) in [5.74, 6) is -0.568. The average molecular weight is 424 g/mol. The molecule has 3 rings (SSSR count). The van der Waals surface area contributed by atoms with Crippen molar-refractivity contribution >= 4 is 39.1 Å². The monoisotopic (exact) mass is 423 g/mol. The first-order valence-electron chi connectivity index (χ1n) is 7.82. The molecule has 0 radical (unpaired) electrons. The summed E-state index contributed by atoms with van der Waals surface area (Å²) in [5.41, 5.74) is 0.886. The molecule has 0 saturated carbocycles. The Morgan fingerprint density at radius 1 is 1.07 bits per heavy atom. The minimum Gasteiger partial charge on any atom is -0.317 e. The number of carbonyl (C=O) groups is 1. The maximum atomic E-state index is 12.6. The Kier molecular flexibility index (Phi) is 5.28. The summed E-state index contributed by atoms with van der Waals surface area (Å²) < 4.78 is 28.6. The smallest absolute Gasteiger partial charge is 0.286 e. The van der Waals surface area contributed by atoms with Gasteiger partial charge in [-0.15, -0.1) is 0 Å². The molecular weight excluding hydrogens is 409 g/mol. The van der Waals surface area contributed by atoms with Crippen LogP contribution in [-0.4, -0.2) is 23.9 Å². The van der Waals surface area contributed by atoms with Crippen LogP contribution in [0.4, 0.5) is 0 Å². The van der Waals surface area contributed by atoms with Crippen LogP contribution in [-0.2, 0) is 17.1 Å². The molecule has 1 amide bonds. The second-order valence-electron chi connectivity index (χ2n) is 5.81. The topological polar surface area (TPSA) is 81.1 Å². The van der Waals surface area contributed by atoms with Crippen molar-refractivity contribution in [2.45, 2.75) is 11.8 Å². The van der Waals surface area contributed by atoms with Gasteiger partial charge in [-0.2, -0.15) is 0 Å². The van der Waals surface area contributed by atoms with E-state index in [2.05, 4.69) is 4.98 Å². The Balaban J connectivity index is 1.98. The molecule has 1 aromatic heterocycles. The van der Waals surface area contributed by atoms with Gasteiger partial charge in [0.25, 0.3) is 15.9 Å².